The van der Waals surface area contributed by atoms with E-state index in [4.69, 9.17) is 5.73 Å². The summed E-state index contributed by atoms with van der Waals surface area (Å²) in [5, 5.41) is 0. The van der Waals surface area contributed by atoms with Crippen LogP contribution in [0.4, 0.5) is 0 Å². The van der Waals surface area contributed by atoms with E-state index in [0.29, 0.717) is 11.6 Å². The van der Waals surface area contributed by atoms with Crippen molar-refractivity contribution < 1.29 is 4.79 Å². The maximum atomic E-state index is 11.9. The first kappa shape index (κ1) is 14.4. The fraction of sp³-hybridized carbons (Fsp3) is 0.353. The lowest BCUT2D eigenvalue weighted by atomic mass is 9.96. The first-order valence-corrected chi connectivity index (χ1v) is 6.93. The number of nitrogens with two attached hydrogens (primary N) is 1. The Bertz CT molecular complexity index is 666. The summed E-state index contributed by atoms with van der Waals surface area (Å²) < 4.78 is 2.18. The van der Waals surface area contributed by atoms with E-state index in [1.165, 1.54) is 0 Å². The Kier molecular flexibility index (Phi) is 3.71. The normalized spacial score (nSPS) is 11.1. The number of nitrogens with zero attached hydrogens (tertiary/aromatic N) is 1. The van der Waals surface area contributed by atoms with Crippen LogP contribution in [-0.4, -0.2) is 10.5 Å². The minimum Gasteiger partial charge on any atom is -0.366 e. The molecule has 0 saturated carbocycles. The SMILES string of the molecule is Cc1ccccc1-c1c(C(N)=O)c(C)n(C(C)C)c1C. The van der Waals surface area contributed by atoms with Crippen LogP contribution in [0.5, 0.6) is 0 Å². The van der Waals surface area contributed by atoms with Gasteiger partial charge in [-0.25, -0.2) is 0 Å². The molecule has 1 aromatic carbocycles. The molecule has 0 radical (unpaired) electrons. The van der Waals surface area contributed by atoms with E-state index in [9.17, 15) is 4.79 Å². The highest BCUT2D eigenvalue weighted by atomic mass is 16.1. The van der Waals surface area contributed by atoms with Crippen LogP contribution in [0.25, 0.3) is 11.1 Å². The van der Waals surface area contributed by atoms with Gasteiger partial charge in [0.15, 0.2) is 0 Å². The number of hydrogen-bond acceptors (Lipinski definition) is 1. The first-order chi connectivity index (χ1) is 9.36. The number of amides is 1. The second-order valence-electron chi connectivity index (χ2n) is 5.56. The molecule has 1 aromatic heterocycles. The zero-order chi connectivity index (χ0) is 15.0. The fourth-order valence-electron chi connectivity index (χ4n) is 3.11. The van der Waals surface area contributed by atoms with Crippen LogP contribution in [0.2, 0.25) is 0 Å². The molecule has 0 atom stereocenters. The Morgan fingerprint density at radius 1 is 1.10 bits per heavy atom. The molecule has 0 spiro atoms. The van der Waals surface area contributed by atoms with E-state index < -0.39 is 0 Å². The van der Waals surface area contributed by atoms with Crippen molar-refractivity contribution in [2.45, 2.75) is 40.7 Å². The quantitative estimate of drug-likeness (QED) is 0.907. The monoisotopic (exact) mass is 270 g/mol. The zero-order valence-corrected chi connectivity index (χ0v) is 12.8. The maximum absolute atomic E-state index is 11.9. The van der Waals surface area contributed by atoms with Crippen molar-refractivity contribution in [1.82, 2.24) is 4.57 Å². The Balaban J connectivity index is 2.86. The number of hydrogen-bond donors (Lipinski definition) is 1. The molecule has 3 heteroatoms. The van der Waals surface area contributed by atoms with Crippen molar-refractivity contribution in [3.63, 3.8) is 0 Å². The molecule has 2 rings (SSSR count). The number of benzene rings is 1. The standard InChI is InChI=1S/C17H22N2O/c1-10(2)19-12(4)15(16(13(19)5)17(18)20)14-9-7-6-8-11(14)3/h6-10H,1-5H3,(H2,18,20). The third-order valence-electron chi connectivity index (χ3n) is 3.87. The third-order valence-corrected chi connectivity index (χ3v) is 3.87. The van der Waals surface area contributed by atoms with Crippen molar-refractivity contribution in [1.29, 1.82) is 0 Å². The van der Waals surface area contributed by atoms with Gasteiger partial charge in [0.25, 0.3) is 5.91 Å². The highest BCUT2D eigenvalue weighted by Crippen LogP contribution is 2.35. The van der Waals surface area contributed by atoms with Crippen molar-refractivity contribution in [3.8, 4) is 11.1 Å². The highest BCUT2D eigenvalue weighted by Gasteiger charge is 2.24. The van der Waals surface area contributed by atoms with Crippen LogP contribution >= 0.6 is 0 Å². The number of aromatic nitrogens is 1. The third kappa shape index (κ3) is 2.13. The second kappa shape index (κ2) is 5.16. The molecule has 2 aromatic rings. The Morgan fingerprint density at radius 3 is 2.20 bits per heavy atom. The minimum atomic E-state index is -0.358. The number of carbonyl (C=O) groups is 1. The summed E-state index contributed by atoms with van der Waals surface area (Å²) in [4.78, 5) is 11.9. The molecule has 1 amide bonds. The highest BCUT2D eigenvalue weighted by molar-refractivity contribution is 6.02. The van der Waals surface area contributed by atoms with Crippen LogP contribution in [0.1, 0.15) is 47.2 Å². The van der Waals surface area contributed by atoms with Crippen molar-refractivity contribution in [2.24, 2.45) is 5.73 Å². The molecule has 0 aliphatic heterocycles. The largest absolute Gasteiger partial charge is 0.366 e. The smallest absolute Gasteiger partial charge is 0.251 e. The maximum Gasteiger partial charge on any atom is 0.251 e. The van der Waals surface area contributed by atoms with Crippen LogP contribution in [0.15, 0.2) is 24.3 Å². The van der Waals surface area contributed by atoms with E-state index >= 15 is 0 Å². The molecule has 0 saturated heterocycles. The van der Waals surface area contributed by atoms with Gasteiger partial charge in [0.2, 0.25) is 0 Å². The predicted molar refractivity (Wildman–Crippen MR) is 83.0 cm³/mol. The number of carbonyl (C=O) groups excluding carboxylic acids is 1. The molecule has 106 valence electrons. The average molecular weight is 270 g/mol. The first-order valence-electron chi connectivity index (χ1n) is 6.93. The Labute approximate surface area is 120 Å². The summed E-state index contributed by atoms with van der Waals surface area (Å²) in [6.45, 7) is 10.3. The van der Waals surface area contributed by atoms with E-state index in [0.717, 1.165) is 28.1 Å². The fourth-order valence-corrected chi connectivity index (χ4v) is 3.11. The van der Waals surface area contributed by atoms with Gasteiger partial charge >= 0.3 is 0 Å². The van der Waals surface area contributed by atoms with Gasteiger partial charge in [0.1, 0.15) is 0 Å². The summed E-state index contributed by atoms with van der Waals surface area (Å²) in [5.74, 6) is -0.358. The lowest BCUT2D eigenvalue weighted by Crippen LogP contribution is -2.14. The van der Waals surface area contributed by atoms with Crippen LogP contribution in [-0.2, 0) is 0 Å². The number of rotatable bonds is 3. The van der Waals surface area contributed by atoms with E-state index in [-0.39, 0.29) is 5.91 Å². The predicted octanol–water partition coefficient (Wildman–Crippen LogP) is 3.76. The average Bonchev–Trinajstić information content (AvgIpc) is 2.61. The molecule has 0 aliphatic carbocycles. The molecular formula is C17H22N2O. The van der Waals surface area contributed by atoms with E-state index in [1.807, 2.05) is 25.1 Å². The molecule has 0 aliphatic rings. The van der Waals surface area contributed by atoms with Crippen LogP contribution in [0.3, 0.4) is 0 Å². The van der Waals surface area contributed by atoms with Gasteiger partial charge in [0, 0.05) is 23.0 Å². The van der Waals surface area contributed by atoms with Gasteiger partial charge in [-0.05, 0) is 45.7 Å². The summed E-state index contributed by atoms with van der Waals surface area (Å²) in [5.41, 5.74) is 11.5. The summed E-state index contributed by atoms with van der Waals surface area (Å²) >= 11 is 0. The van der Waals surface area contributed by atoms with Gasteiger partial charge < -0.3 is 10.3 Å². The van der Waals surface area contributed by atoms with E-state index in [2.05, 4.69) is 38.3 Å². The van der Waals surface area contributed by atoms with E-state index in [1.54, 1.807) is 0 Å². The Hall–Kier alpha value is -2.03. The van der Waals surface area contributed by atoms with Gasteiger partial charge in [0.05, 0.1) is 5.56 Å². The van der Waals surface area contributed by atoms with Crippen molar-refractivity contribution in [3.05, 3.63) is 46.8 Å². The number of primary amides is 1. The molecular weight excluding hydrogens is 248 g/mol. The molecule has 0 unspecified atom stereocenters. The molecule has 3 nitrogen and oxygen atoms in total. The molecule has 0 fully saturated rings. The van der Waals surface area contributed by atoms with Crippen LogP contribution in [0, 0.1) is 20.8 Å². The zero-order valence-electron chi connectivity index (χ0n) is 12.8. The second-order valence-corrected chi connectivity index (χ2v) is 5.56. The summed E-state index contributed by atoms with van der Waals surface area (Å²) in [7, 11) is 0. The number of aryl methyl sites for hydroxylation is 1. The lowest BCUT2D eigenvalue weighted by Gasteiger charge is -2.14. The Morgan fingerprint density at radius 2 is 1.70 bits per heavy atom. The van der Waals surface area contributed by atoms with Crippen LogP contribution < -0.4 is 5.73 Å². The lowest BCUT2D eigenvalue weighted by molar-refractivity contribution is 0.1000. The molecule has 1 heterocycles. The summed E-state index contributed by atoms with van der Waals surface area (Å²) in [6, 6.07) is 8.40. The van der Waals surface area contributed by atoms with Gasteiger partial charge in [-0.15, -0.1) is 0 Å². The summed E-state index contributed by atoms with van der Waals surface area (Å²) in [6.07, 6.45) is 0. The van der Waals surface area contributed by atoms with Gasteiger partial charge in [-0.1, -0.05) is 24.3 Å². The van der Waals surface area contributed by atoms with Gasteiger partial charge in [-0.2, -0.15) is 0 Å². The van der Waals surface area contributed by atoms with Crippen molar-refractivity contribution >= 4 is 5.91 Å². The van der Waals surface area contributed by atoms with Crippen molar-refractivity contribution in [2.75, 3.05) is 0 Å². The molecule has 20 heavy (non-hydrogen) atoms. The molecule has 2 N–H and O–H groups in total. The minimum absolute atomic E-state index is 0.297. The van der Waals surface area contributed by atoms with Gasteiger partial charge in [-0.3, -0.25) is 4.79 Å². The molecule has 0 bridgehead atoms. The topological polar surface area (TPSA) is 48.0 Å².